The van der Waals surface area contributed by atoms with Crippen LogP contribution in [0.1, 0.15) is 30.5 Å². The minimum absolute atomic E-state index is 0.00203. The van der Waals surface area contributed by atoms with Gasteiger partial charge in [-0.3, -0.25) is 4.79 Å². The van der Waals surface area contributed by atoms with Gasteiger partial charge in [-0.15, -0.1) is 11.8 Å². The summed E-state index contributed by atoms with van der Waals surface area (Å²) in [6.45, 7) is 5.79. The summed E-state index contributed by atoms with van der Waals surface area (Å²) in [6, 6.07) is 13.9. The van der Waals surface area contributed by atoms with E-state index in [-0.39, 0.29) is 10.1 Å². The van der Waals surface area contributed by atoms with Crippen LogP contribution in [-0.2, 0) is 19.7 Å². The van der Waals surface area contributed by atoms with Gasteiger partial charge in [-0.2, -0.15) is 0 Å². The smallest absolute Gasteiger partial charge is 0.270 e. The monoisotopic (exact) mass is 481 g/mol. The molecule has 0 saturated carbocycles. The van der Waals surface area contributed by atoms with Gasteiger partial charge in [-0.25, -0.2) is 12.7 Å². The number of thioether (sulfide) groups is 1. The highest BCUT2D eigenvalue weighted by Crippen LogP contribution is 2.64. The van der Waals surface area contributed by atoms with E-state index in [1.807, 2.05) is 51.1 Å². The van der Waals surface area contributed by atoms with Crippen LogP contribution < -0.4 is 0 Å². The molecule has 4 nitrogen and oxygen atoms in total. The first-order valence-electron chi connectivity index (χ1n) is 9.53. The first-order valence-corrected chi connectivity index (χ1v) is 12.6. The predicted molar refractivity (Wildman–Crippen MR) is 123 cm³/mol. The molecule has 0 bridgehead atoms. The Morgan fingerprint density at radius 3 is 2.33 bits per heavy atom. The number of nitrogens with zero attached hydrogens (tertiary/aromatic N) is 1. The Labute approximate surface area is 191 Å². The second-order valence-electron chi connectivity index (χ2n) is 7.80. The van der Waals surface area contributed by atoms with E-state index in [4.69, 9.17) is 23.2 Å². The maximum absolute atomic E-state index is 13.8. The number of carbonyl (C=O) groups excluding carboxylic acids is 1. The maximum Gasteiger partial charge on any atom is 0.275 e. The molecule has 2 aromatic rings. The van der Waals surface area contributed by atoms with E-state index < -0.39 is 31.1 Å². The summed E-state index contributed by atoms with van der Waals surface area (Å²) >= 11 is 14.6. The molecule has 0 radical (unpaired) electrons. The highest BCUT2D eigenvalue weighted by Gasteiger charge is 2.70. The number of benzene rings is 2. The quantitative estimate of drug-likeness (QED) is 0.553. The zero-order valence-electron chi connectivity index (χ0n) is 16.7. The van der Waals surface area contributed by atoms with Crippen LogP contribution in [0.3, 0.4) is 0 Å². The van der Waals surface area contributed by atoms with Crippen molar-refractivity contribution in [2.75, 3.05) is 0 Å². The van der Waals surface area contributed by atoms with Crippen molar-refractivity contribution in [2.45, 2.75) is 40.1 Å². The van der Waals surface area contributed by atoms with Gasteiger partial charge in [0.1, 0.15) is 4.87 Å². The molecular weight excluding hydrogens is 461 g/mol. The molecule has 2 atom stereocenters. The molecule has 1 amide bonds. The highest BCUT2D eigenvalue weighted by molar-refractivity contribution is 8.01. The van der Waals surface area contributed by atoms with Crippen LogP contribution in [0.4, 0.5) is 0 Å². The van der Waals surface area contributed by atoms with Crippen molar-refractivity contribution >= 4 is 57.0 Å². The Morgan fingerprint density at radius 1 is 1.07 bits per heavy atom. The number of aryl methyl sites for hydroxylation is 1. The van der Waals surface area contributed by atoms with E-state index in [0.717, 1.165) is 15.4 Å². The zero-order chi connectivity index (χ0) is 21.9. The fourth-order valence-corrected chi connectivity index (χ4v) is 8.65. The van der Waals surface area contributed by atoms with Crippen LogP contribution in [0, 0.1) is 12.8 Å². The summed E-state index contributed by atoms with van der Waals surface area (Å²) in [6.07, 6.45) is 3.62. The van der Waals surface area contributed by atoms with E-state index in [0.29, 0.717) is 5.56 Å². The Hall–Kier alpha value is -1.47. The van der Waals surface area contributed by atoms with Crippen LogP contribution in [0.2, 0.25) is 0 Å². The predicted octanol–water partition coefficient (Wildman–Crippen LogP) is 5.34. The first-order chi connectivity index (χ1) is 14.0. The number of alkyl halides is 2. The third kappa shape index (κ3) is 3.03. The van der Waals surface area contributed by atoms with Crippen molar-refractivity contribution in [3.63, 3.8) is 0 Å². The third-order valence-electron chi connectivity index (χ3n) is 5.37. The molecule has 30 heavy (non-hydrogen) atoms. The summed E-state index contributed by atoms with van der Waals surface area (Å²) in [5.41, 5.74) is 2.47. The molecule has 1 fully saturated rings. The summed E-state index contributed by atoms with van der Waals surface area (Å²) in [4.78, 5) is 12.3. The van der Waals surface area contributed by atoms with Gasteiger partial charge in [-0.05, 0) is 30.2 Å². The number of carbonyl (C=O) groups is 1. The van der Waals surface area contributed by atoms with E-state index in [1.54, 1.807) is 18.2 Å². The number of rotatable bonds is 4. The second kappa shape index (κ2) is 7.30. The molecule has 158 valence electrons. The molecule has 1 aliphatic heterocycles. The lowest BCUT2D eigenvalue weighted by atomic mass is 9.84. The van der Waals surface area contributed by atoms with E-state index in [9.17, 15) is 13.2 Å². The maximum atomic E-state index is 13.8. The van der Waals surface area contributed by atoms with Crippen LogP contribution in [-0.4, -0.2) is 28.2 Å². The molecule has 2 aromatic carbocycles. The van der Waals surface area contributed by atoms with Crippen LogP contribution in [0.5, 0.6) is 0 Å². The topological polar surface area (TPSA) is 54.5 Å². The molecule has 2 aliphatic rings. The number of fused-ring (bicyclic) bond motifs is 3. The van der Waals surface area contributed by atoms with Crippen molar-refractivity contribution in [1.82, 2.24) is 4.31 Å². The number of hydrogen-bond donors (Lipinski definition) is 0. The van der Waals surface area contributed by atoms with Gasteiger partial charge in [0.25, 0.3) is 15.9 Å². The van der Waals surface area contributed by atoms with Crippen LogP contribution in [0.25, 0.3) is 6.08 Å². The fraction of sp³-hybridized carbons (Fsp3) is 0.318. The van der Waals surface area contributed by atoms with Crippen LogP contribution in [0.15, 0.2) is 59.5 Å². The second-order valence-corrected chi connectivity index (χ2v) is 12.8. The minimum Gasteiger partial charge on any atom is -0.270 e. The molecule has 8 heteroatoms. The summed E-state index contributed by atoms with van der Waals surface area (Å²) < 4.78 is 26.7. The van der Waals surface area contributed by atoms with Gasteiger partial charge in [0.15, 0.2) is 0 Å². The van der Waals surface area contributed by atoms with Crippen molar-refractivity contribution < 1.29 is 13.2 Å². The number of halogens is 2. The van der Waals surface area contributed by atoms with Crippen molar-refractivity contribution in [3.8, 4) is 0 Å². The Balaban J connectivity index is 2.05. The van der Waals surface area contributed by atoms with Gasteiger partial charge >= 0.3 is 0 Å². The standard InChI is InChI=1S/C22H21Cl2NO3S2/c1-14(2)29-22-18-7-5-4-6-16(18)10-13-19(22)21(23,24)20(26)25(22)30(27,28)17-11-8-15(3)9-12-17/h4-14,19H,1-3H3/t19-,22+/m1/s1. The highest BCUT2D eigenvalue weighted by atomic mass is 35.5. The van der Waals surface area contributed by atoms with Gasteiger partial charge in [-0.1, -0.05) is 91.2 Å². The minimum atomic E-state index is -4.23. The molecule has 1 heterocycles. The number of hydrogen-bond acceptors (Lipinski definition) is 4. The van der Waals surface area contributed by atoms with E-state index >= 15 is 0 Å². The summed E-state index contributed by atoms with van der Waals surface area (Å²) in [5, 5.41) is -0.00203. The summed E-state index contributed by atoms with van der Waals surface area (Å²) in [7, 11) is -4.23. The molecule has 0 N–H and O–H groups in total. The molecule has 4 rings (SSSR count). The molecule has 1 aliphatic carbocycles. The Kier molecular flexibility index (Phi) is 5.29. The average molecular weight is 482 g/mol. The van der Waals surface area contributed by atoms with Crippen molar-refractivity contribution in [3.05, 3.63) is 71.3 Å². The van der Waals surface area contributed by atoms with E-state index in [2.05, 4.69) is 0 Å². The van der Waals surface area contributed by atoms with Crippen molar-refractivity contribution in [2.24, 2.45) is 5.92 Å². The normalized spacial score (nSPS) is 24.8. The van der Waals surface area contributed by atoms with Gasteiger partial charge in [0.05, 0.1) is 10.8 Å². The van der Waals surface area contributed by atoms with E-state index in [1.165, 1.54) is 23.9 Å². The zero-order valence-corrected chi connectivity index (χ0v) is 19.8. The summed E-state index contributed by atoms with van der Waals surface area (Å²) in [5.74, 6) is -1.57. The lowest BCUT2D eigenvalue weighted by Gasteiger charge is -2.44. The molecular formula is C22H21Cl2NO3S2. The lowest BCUT2D eigenvalue weighted by Crippen LogP contribution is -2.49. The average Bonchev–Trinajstić information content (AvgIpc) is 2.85. The molecule has 0 aromatic heterocycles. The Morgan fingerprint density at radius 2 is 1.70 bits per heavy atom. The molecule has 0 unspecified atom stereocenters. The van der Waals surface area contributed by atoms with Crippen LogP contribution >= 0.6 is 35.0 Å². The largest absolute Gasteiger partial charge is 0.275 e. The molecule has 0 spiro atoms. The molecule has 1 saturated heterocycles. The van der Waals surface area contributed by atoms with Crippen molar-refractivity contribution in [1.29, 1.82) is 0 Å². The Bertz CT molecular complexity index is 1140. The lowest BCUT2D eigenvalue weighted by molar-refractivity contribution is -0.125. The number of amides is 1. The first kappa shape index (κ1) is 21.8. The van der Waals surface area contributed by atoms with Gasteiger partial charge in [0.2, 0.25) is 4.33 Å². The third-order valence-corrected chi connectivity index (χ3v) is 9.57. The number of sulfonamides is 1. The van der Waals surface area contributed by atoms with Gasteiger partial charge in [0, 0.05) is 5.25 Å². The van der Waals surface area contributed by atoms with Gasteiger partial charge < -0.3 is 0 Å². The fourth-order valence-electron chi connectivity index (χ4n) is 4.14. The SMILES string of the molecule is Cc1ccc(S(=O)(=O)N2C(=O)C(Cl)(Cl)[C@H]3C=Cc4ccccc4[C@]32SC(C)C)cc1.